The van der Waals surface area contributed by atoms with Crippen LogP contribution in [0.2, 0.25) is 0 Å². The maximum absolute atomic E-state index is 12.0. The highest BCUT2D eigenvalue weighted by molar-refractivity contribution is 7.92. The standard InChI is InChI=1S/C13H11NO4S/c15-13(16)10-6-8-11(9-7-10)14-19(17,18)12-4-2-1-3-5-12/h1-9,14H,(H,15,16). The Bertz CT molecular complexity index is 678. The maximum Gasteiger partial charge on any atom is 0.335 e. The van der Waals surface area contributed by atoms with E-state index >= 15 is 0 Å². The van der Waals surface area contributed by atoms with E-state index in [4.69, 9.17) is 5.11 Å². The van der Waals surface area contributed by atoms with Gasteiger partial charge in [-0.1, -0.05) is 18.2 Å². The number of hydrogen-bond donors (Lipinski definition) is 2. The average molecular weight is 277 g/mol. The molecule has 5 nitrogen and oxygen atoms in total. The van der Waals surface area contributed by atoms with Crippen molar-refractivity contribution in [2.75, 3.05) is 4.72 Å². The molecule has 0 heterocycles. The molecule has 19 heavy (non-hydrogen) atoms. The summed E-state index contributed by atoms with van der Waals surface area (Å²) in [4.78, 5) is 10.8. The van der Waals surface area contributed by atoms with E-state index in [0.717, 1.165) is 0 Å². The van der Waals surface area contributed by atoms with E-state index in [1.807, 2.05) is 0 Å². The van der Waals surface area contributed by atoms with Crippen LogP contribution in [-0.4, -0.2) is 19.5 Å². The second kappa shape index (κ2) is 5.11. The van der Waals surface area contributed by atoms with Crippen molar-refractivity contribution in [2.24, 2.45) is 0 Å². The smallest absolute Gasteiger partial charge is 0.335 e. The van der Waals surface area contributed by atoms with Crippen molar-refractivity contribution < 1.29 is 18.3 Å². The van der Waals surface area contributed by atoms with Gasteiger partial charge in [0.25, 0.3) is 10.0 Å². The van der Waals surface area contributed by atoms with E-state index in [1.54, 1.807) is 18.2 Å². The Hall–Kier alpha value is -2.34. The third kappa shape index (κ3) is 3.11. The zero-order valence-corrected chi connectivity index (χ0v) is 10.6. The largest absolute Gasteiger partial charge is 0.478 e. The fourth-order valence-electron chi connectivity index (χ4n) is 1.49. The molecule has 0 radical (unpaired) electrons. The van der Waals surface area contributed by atoms with E-state index in [-0.39, 0.29) is 10.5 Å². The molecule has 0 atom stereocenters. The van der Waals surface area contributed by atoms with Crippen LogP contribution in [0.3, 0.4) is 0 Å². The molecule has 0 aromatic heterocycles. The lowest BCUT2D eigenvalue weighted by Gasteiger charge is -2.07. The van der Waals surface area contributed by atoms with Crippen molar-refractivity contribution in [1.82, 2.24) is 0 Å². The summed E-state index contributed by atoms with van der Waals surface area (Å²) < 4.78 is 26.4. The fourth-order valence-corrected chi connectivity index (χ4v) is 2.57. The maximum atomic E-state index is 12.0. The molecule has 0 aliphatic rings. The van der Waals surface area contributed by atoms with Crippen LogP contribution in [0.5, 0.6) is 0 Å². The van der Waals surface area contributed by atoms with E-state index in [9.17, 15) is 13.2 Å². The summed E-state index contributed by atoms with van der Waals surface area (Å²) in [5.41, 5.74) is 0.413. The van der Waals surface area contributed by atoms with Gasteiger partial charge in [0.1, 0.15) is 0 Å². The highest BCUT2D eigenvalue weighted by atomic mass is 32.2. The molecule has 0 fully saturated rings. The molecule has 0 saturated heterocycles. The Labute approximate surface area is 110 Å². The topological polar surface area (TPSA) is 83.5 Å². The SMILES string of the molecule is O=C(O)c1ccc(NS(=O)(=O)c2ccccc2)cc1. The summed E-state index contributed by atoms with van der Waals surface area (Å²) in [6.07, 6.45) is 0. The molecular weight excluding hydrogens is 266 g/mol. The first-order valence-corrected chi connectivity index (χ1v) is 6.88. The van der Waals surface area contributed by atoms with Gasteiger partial charge in [0.05, 0.1) is 10.5 Å². The number of benzene rings is 2. The minimum Gasteiger partial charge on any atom is -0.478 e. The van der Waals surface area contributed by atoms with Crippen molar-refractivity contribution in [3.63, 3.8) is 0 Å². The number of aromatic carboxylic acids is 1. The monoisotopic (exact) mass is 277 g/mol. The van der Waals surface area contributed by atoms with Crippen molar-refractivity contribution in [3.8, 4) is 0 Å². The van der Waals surface area contributed by atoms with Crippen LogP contribution >= 0.6 is 0 Å². The Morgan fingerprint density at radius 1 is 0.947 bits per heavy atom. The molecule has 2 rings (SSSR count). The molecule has 2 aromatic carbocycles. The summed E-state index contributed by atoms with van der Waals surface area (Å²) in [7, 11) is -3.64. The van der Waals surface area contributed by atoms with Gasteiger partial charge in [-0.3, -0.25) is 4.72 Å². The number of nitrogens with one attached hydrogen (secondary N) is 1. The van der Waals surface area contributed by atoms with Gasteiger partial charge in [0.2, 0.25) is 0 Å². The number of rotatable bonds is 4. The Balaban J connectivity index is 2.24. The van der Waals surface area contributed by atoms with Gasteiger partial charge < -0.3 is 5.11 Å². The number of carboxylic acid groups (broad SMARTS) is 1. The summed E-state index contributed by atoms with van der Waals surface area (Å²) >= 11 is 0. The van der Waals surface area contributed by atoms with E-state index < -0.39 is 16.0 Å². The van der Waals surface area contributed by atoms with Gasteiger partial charge in [0, 0.05) is 5.69 Å². The first kappa shape index (κ1) is 13.1. The summed E-state index contributed by atoms with van der Waals surface area (Å²) in [5, 5.41) is 8.75. The van der Waals surface area contributed by atoms with Gasteiger partial charge in [-0.15, -0.1) is 0 Å². The average Bonchev–Trinajstić information content (AvgIpc) is 2.40. The second-order valence-electron chi connectivity index (χ2n) is 3.80. The first-order valence-electron chi connectivity index (χ1n) is 5.40. The van der Waals surface area contributed by atoms with Crippen LogP contribution in [0, 0.1) is 0 Å². The lowest BCUT2D eigenvalue weighted by atomic mass is 10.2. The van der Waals surface area contributed by atoms with Crippen molar-refractivity contribution in [1.29, 1.82) is 0 Å². The Morgan fingerprint density at radius 2 is 1.53 bits per heavy atom. The summed E-state index contributed by atoms with van der Waals surface area (Å²) in [6, 6.07) is 13.4. The Kier molecular flexibility index (Phi) is 3.52. The first-order chi connectivity index (χ1) is 8.99. The molecule has 6 heteroatoms. The lowest BCUT2D eigenvalue weighted by Crippen LogP contribution is -2.12. The van der Waals surface area contributed by atoms with Crippen LogP contribution in [0.1, 0.15) is 10.4 Å². The zero-order valence-electron chi connectivity index (χ0n) is 9.78. The molecule has 0 unspecified atom stereocenters. The van der Waals surface area contributed by atoms with Gasteiger partial charge in [0.15, 0.2) is 0 Å². The molecule has 0 aliphatic heterocycles. The predicted octanol–water partition coefficient (Wildman–Crippen LogP) is 2.19. The molecule has 0 amide bonds. The third-order valence-corrected chi connectivity index (χ3v) is 3.83. The molecular formula is C13H11NO4S. The van der Waals surface area contributed by atoms with Gasteiger partial charge in [-0.2, -0.15) is 0 Å². The quantitative estimate of drug-likeness (QED) is 0.897. The lowest BCUT2D eigenvalue weighted by molar-refractivity contribution is 0.0697. The number of sulfonamides is 1. The van der Waals surface area contributed by atoms with Crippen LogP contribution in [-0.2, 0) is 10.0 Å². The normalized spacial score (nSPS) is 10.9. The minimum atomic E-state index is -3.64. The second-order valence-corrected chi connectivity index (χ2v) is 5.48. The van der Waals surface area contributed by atoms with Crippen molar-refractivity contribution in [3.05, 3.63) is 60.2 Å². The minimum absolute atomic E-state index is 0.0997. The van der Waals surface area contributed by atoms with Crippen LogP contribution < -0.4 is 4.72 Å². The van der Waals surface area contributed by atoms with Gasteiger partial charge in [-0.05, 0) is 36.4 Å². The fraction of sp³-hybridized carbons (Fsp3) is 0. The van der Waals surface area contributed by atoms with E-state index in [1.165, 1.54) is 36.4 Å². The van der Waals surface area contributed by atoms with E-state index in [0.29, 0.717) is 5.69 Å². The van der Waals surface area contributed by atoms with Gasteiger partial charge >= 0.3 is 5.97 Å². The number of anilines is 1. The molecule has 98 valence electrons. The van der Waals surface area contributed by atoms with Crippen LogP contribution in [0.15, 0.2) is 59.5 Å². The third-order valence-electron chi connectivity index (χ3n) is 2.44. The Morgan fingerprint density at radius 3 is 2.05 bits per heavy atom. The number of carboxylic acids is 1. The molecule has 0 spiro atoms. The molecule has 0 bridgehead atoms. The number of hydrogen-bond acceptors (Lipinski definition) is 3. The van der Waals surface area contributed by atoms with E-state index in [2.05, 4.69) is 4.72 Å². The van der Waals surface area contributed by atoms with Crippen molar-refractivity contribution in [2.45, 2.75) is 4.90 Å². The molecule has 0 saturated carbocycles. The van der Waals surface area contributed by atoms with Crippen molar-refractivity contribution >= 4 is 21.7 Å². The predicted molar refractivity (Wildman–Crippen MR) is 70.7 cm³/mol. The summed E-state index contributed by atoms with van der Waals surface area (Å²) in [5.74, 6) is -1.06. The summed E-state index contributed by atoms with van der Waals surface area (Å²) in [6.45, 7) is 0. The van der Waals surface area contributed by atoms with Crippen LogP contribution in [0.25, 0.3) is 0 Å². The molecule has 2 aromatic rings. The zero-order chi connectivity index (χ0) is 13.9. The molecule has 0 aliphatic carbocycles. The van der Waals surface area contributed by atoms with Crippen LogP contribution in [0.4, 0.5) is 5.69 Å². The number of carbonyl (C=O) groups is 1. The highest BCUT2D eigenvalue weighted by Crippen LogP contribution is 2.16. The highest BCUT2D eigenvalue weighted by Gasteiger charge is 2.13. The molecule has 2 N–H and O–H groups in total. The van der Waals surface area contributed by atoms with Gasteiger partial charge in [-0.25, -0.2) is 13.2 Å².